The Labute approximate surface area is 65.3 Å². The molecule has 1 atom stereocenters. The molecule has 0 aliphatic heterocycles. The lowest BCUT2D eigenvalue weighted by Crippen LogP contribution is -2.09. The average molecular weight is 167 g/mol. The molecular weight excluding hydrogens is 156 g/mol. The Hall–Kier alpha value is -0.280. The summed E-state index contributed by atoms with van der Waals surface area (Å²) in [5, 5.41) is 0. The van der Waals surface area contributed by atoms with Crippen LogP contribution in [0.3, 0.4) is 0 Å². The zero-order chi connectivity index (χ0) is 7.98. The second-order valence-corrected chi connectivity index (χ2v) is 2.23. The molecule has 4 heteroatoms. The molecule has 0 aliphatic rings. The summed E-state index contributed by atoms with van der Waals surface area (Å²) in [5.74, 6) is 0. The van der Waals surface area contributed by atoms with Gasteiger partial charge in [-0.3, -0.25) is 0 Å². The molecule has 0 radical (unpaired) electrons. The number of ether oxygens (including phenoxy) is 2. The van der Waals surface area contributed by atoms with Crippen molar-refractivity contribution in [3.05, 3.63) is 0 Å². The second-order valence-electron chi connectivity index (χ2n) is 1.92. The lowest BCUT2D eigenvalue weighted by molar-refractivity contribution is 0.0861. The third-order valence-corrected chi connectivity index (χ3v) is 1.25. The van der Waals surface area contributed by atoms with Crippen molar-refractivity contribution >= 4 is 17.0 Å². The number of rotatable bonds is 4. The molecule has 0 spiro atoms. The van der Waals surface area contributed by atoms with E-state index in [1.807, 2.05) is 6.92 Å². The van der Waals surface area contributed by atoms with Gasteiger partial charge in [0.25, 0.3) is 0 Å². The van der Waals surface area contributed by atoms with E-state index in [-0.39, 0.29) is 6.10 Å². The van der Waals surface area contributed by atoms with Crippen LogP contribution in [0, 0.1) is 0 Å². The van der Waals surface area contributed by atoms with Crippen molar-refractivity contribution in [1.82, 2.24) is 0 Å². The summed E-state index contributed by atoms with van der Waals surface area (Å²) in [5.41, 5.74) is -0.761. The van der Waals surface area contributed by atoms with Crippen molar-refractivity contribution in [3.8, 4) is 0 Å². The highest BCUT2D eigenvalue weighted by Gasteiger charge is 2.00. The molecule has 0 fully saturated rings. The van der Waals surface area contributed by atoms with Crippen molar-refractivity contribution < 1.29 is 14.3 Å². The summed E-state index contributed by atoms with van der Waals surface area (Å²) in [6.07, 6.45) is 0.783. The van der Waals surface area contributed by atoms with Crippen molar-refractivity contribution in [3.63, 3.8) is 0 Å². The molecule has 0 N–H and O–H groups in total. The summed E-state index contributed by atoms with van der Waals surface area (Å²) >= 11 is 4.90. The first-order valence-electron chi connectivity index (χ1n) is 3.02. The molecule has 0 aromatic rings. The highest BCUT2D eigenvalue weighted by atomic mass is 35.5. The fourth-order valence-corrected chi connectivity index (χ4v) is 0.500. The summed E-state index contributed by atoms with van der Waals surface area (Å²) in [7, 11) is 1.60. The van der Waals surface area contributed by atoms with E-state index in [2.05, 4.69) is 4.74 Å². The average Bonchev–Trinajstić information content (AvgIpc) is 1.87. The maximum atomic E-state index is 10.0. The van der Waals surface area contributed by atoms with Crippen molar-refractivity contribution in [2.75, 3.05) is 13.7 Å². The molecule has 0 unspecified atom stereocenters. The third-order valence-electron chi connectivity index (χ3n) is 1.14. The molecule has 0 aromatic carbocycles. The predicted octanol–water partition coefficient (Wildman–Crippen LogP) is 1.79. The summed E-state index contributed by atoms with van der Waals surface area (Å²) in [6, 6.07) is 0. The van der Waals surface area contributed by atoms with Crippen LogP contribution in [0.5, 0.6) is 0 Å². The van der Waals surface area contributed by atoms with Crippen LogP contribution in [0.25, 0.3) is 0 Å². The Bertz CT molecular complexity index is 105. The van der Waals surface area contributed by atoms with Gasteiger partial charge in [0.05, 0.1) is 12.7 Å². The van der Waals surface area contributed by atoms with E-state index in [0.717, 1.165) is 0 Å². The van der Waals surface area contributed by atoms with Crippen LogP contribution in [0.15, 0.2) is 0 Å². The van der Waals surface area contributed by atoms with Gasteiger partial charge in [0.15, 0.2) is 0 Å². The van der Waals surface area contributed by atoms with Gasteiger partial charge < -0.3 is 9.47 Å². The van der Waals surface area contributed by atoms with Gasteiger partial charge in [0.1, 0.15) is 0 Å². The van der Waals surface area contributed by atoms with Crippen molar-refractivity contribution in [2.45, 2.75) is 19.4 Å². The van der Waals surface area contributed by atoms with Crippen LogP contribution in [0.4, 0.5) is 4.79 Å². The van der Waals surface area contributed by atoms with Gasteiger partial charge in [0.2, 0.25) is 0 Å². The third kappa shape index (κ3) is 5.85. The maximum Gasteiger partial charge on any atom is 0.403 e. The molecule has 10 heavy (non-hydrogen) atoms. The van der Waals surface area contributed by atoms with E-state index in [4.69, 9.17) is 16.3 Å². The largest absolute Gasteiger partial charge is 0.454 e. The molecule has 0 bridgehead atoms. The molecule has 0 saturated heterocycles. The number of carbonyl (C=O) groups is 1. The Morgan fingerprint density at radius 2 is 2.30 bits per heavy atom. The Kier molecular flexibility index (Phi) is 5.35. The number of hydrogen-bond acceptors (Lipinski definition) is 3. The molecule has 0 heterocycles. The van der Waals surface area contributed by atoms with Crippen molar-refractivity contribution in [1.29, 1.82) is 0 Å². The number of methoxy groups -OCH3 is 1. The van der Waals surface area contributed by atoms with Gasteiger partial charge in [-0.05, 0) is 6.92 Å². The van der Waals surface area contributed by atoms with E-state index >= 15 is 0 Å². The monoisotopic (exact) mass is 166 g/mol. The van der Waals surface area contributed by atoms with Crippen LogP contribution in [0.1, 0.15) is 13.3 Å². The fourth-order valence-electron chi connectivity index (χ4n) is 0.423. The molecule has 3 nitrogen and oxygen atoms in total. The first-order valence-corrected chi connectivity index (χ1v) is 3.39. The zero-order valence-corrected chi connectivity index (χ0v) is 6.85. The van der Waals surface area contributed by atoms with Crippen molar-refractivity contribution in [2.24, 2.45) is 0 Å². The van der Waals surface area contributed by atoms with Gasteiger partial charge in [-0.2, -0.15) is 0 Å². The number of halogens is 1. The molecule has 0 amide bonds. The van der Waals surface area contributed by atoms with Crippen LogP contribution in [0.2, 0.25) is 0 Å². The first kappa shape index (κ1) is 9.72. The van der Waals surface area contributed by atoms with Crippen LogP contribution >= 0.6 is 11.6 Å². The Morgan fingerprint density at radius 3 is 2.70 bits per heavy atom. The van der Waals surface area contributed by atoms with Gasteiger partial charge in [-0.1, -0.05) is 0 Å². The molecule has 0 rings (SSSR count). The Morgan fingerprint density at radius 1 is 1.70 bits per heavy atom. The second kappa shape index (κ2) is 5.50. The lowest BCUT2D eigenvalue weighted by Gasteiger charge is -2.07. The minimum Gasteiger partial charge on any atom is -0.454 e. The minimum atomic E-state index is -0.761. The topological polar surface area (TPSA) is 35.5 Å². The van der Waals surface area contributed by atoms with Gasteiger partial charge in [0, 0.05) is 25.1 Å². The van der Waals surface area contributed by atoms with Gasteiger partial charge >= 0.3 is 5.43 Å². The number of hydrogen-bond donors (Lipinski definition) is 0. The van der Waals surface area contributed by atoms with Gasteiger partial charge in [-0.25, -0.2) is 4.79 Å². The minimum absolute atomic E-state index is 0.107. The standard InChI is InChI=1S/C6H11ClO3/c1-5(9-2)3-4-10-6(7)8/h5H,3-4H2,1-2H3/t5-/m0/s1. The first-order chi connectivity index (χ1) is 4.66. The Balaban J connectivity index is 3.11. The quantitative estimate of drug-likeness (QED) is 0.598. The molecule has 60 valence electrons. The summed E-state index contributed by atoms with van der Waals surface area (Å²) in [4.78, 5) is 10.0. The summed E-state index contributed by atoms with van der Waals surface area (Å²) < 4.78 is 9.36. The fraction of sp³-hybridized carbons (Fsp3) is 0.833. The van der Waals surface area contributed by atoms with E-state index in [9.17, 15) is 4.79 Å². The highest BCUT2D eigenvalue weighted by Crippen LogP contribution is 1.96. The summed E-state index contributed by atoms with van der Waals surface area (Å²) in [6.45, 7) is 2.21. The van der Waals surface area contributed by atoms with E-state index in [1.54, 1.807) is 7.11 Å². The number of carbonyl (C=O) groups excluding carboxylic acids is 1. The lowest BCUT2D eigenvalue weighted by atomic mass is 10.3. The van der Waals surface area contributed by atoms with E-state index < -0.39 is 5.43 Å². The molecule has 0 aliphatic carbocycles. The van der Waals surface area contributed by atoms with E-state index in [1.165, 1.54) is 0 Å². The SMILES string of the molecule is CO[C@@H](C)CCOC(=O)Cl. The van der Waals surface area contributed by atoms with Crippen LogP contribution in [-0.2, 0) is 9.47 Å². The molecular formula is C6H11ClO3. The van der Waals surface area contributed by atoms with Crippen LogP contribution in [-0.4, -0.2) is 25.2 Å². The van der Waals surface area contributed by atoms with Crippen LogP contribution < -0.4 is 0 Å². The molecule has 0 saturated carbocycles. The molecule has 0 aromatic heterocycles. The maximum absolute atomic E-state index is 10.0. The van der Waals surface area contributed by atoms with Gasteiger partial charge in [-0.15, -0.1) is 0 Å². The van der Waals surface area contributed by atoms with E-state index in [0.29, 0.717) is 13.0 Å². The zero-order valence-electron chi connectivity index (χ0n) is 6.09. The smallest absolute Gasteiger partial charge is 0.403 e. The highest BCUT2D eigenvalue weighted by molar-refractivity contribution is 6.61. The predicted molar refractivity (Wildman–Crippen MR) is 38.3 cm³/mol. The normalized spacial score (nSPS) is 12.7.